The molecular formula is C32H17NO2. The van der Waals surface area contributed by atoms with Crippen molar-refractivity contribution in [2.45, 2.75) is 0 Å². The highest BCUT2D eigenvalue weighted by atomic mass is 16.2. The number of hydrogen-bond donors (Lipinski definition) is 0. The van der Waals surface area contributed by atoms with E-state index in [0.717, 1.165) is 48.5 Å². The van der Waals surface area contributed by atoms with Gasteiger partial charge in [0.05, 0.1) is 5.69 Å². The normalized spacial score (nSPS) is 13.8. The van der Waals surface area contributed by atoms with Gasteiger partial charge in [0.1, 0.15) is 0 Å². The van der Waals surface area contributed by atoms with Crippen LogP contribution in [-0.2, 0) is 0 Å². The van der Waals surface area contributed by atoms with E-state index < -0.39 is 0 Å². The number of fused-ring (bicyclic) bond motifs is 2. The second-order valence-electron chi connectivity index (χ2n) is 9.23. The summed E-state index contributed by atoms with van der Waals surface area (Å²) in [5.41, 5.74) is 1.76. The summed E-state index contributed by atoms with van der Waals surface area (Å²) in [6.07, 6.45) is 0. The number of nitrogens with zero attached hydrogens (tertiary/aromatic N) is 1. The summed E-state index contributed by atoms with van der Waals surface area (Å²) in [7, 11) is 0. The highest BCUT2D eigenvalue weighted by molar-refractivity contribution is 6.41. The Balaban J connectivity index is 1.55. The van der Waals surface area contributed by atoms with Crippen molar-refractivity contribution in [3.63, 3.8) is 0 Å². The summed E-state index contributed by atoms with van der Waals surface area (Å²) in [6.45, 7) is 0. The van der Waals surface area contributed by atoms with Crippen molar-refractivity contribution in [1.82, 2.24) is 0 Å². The van der Waals surface area contributed by atoms with Crippen molar-refractivity contribution >= 4 is 71.4 Å². The van der Waals surface area contributed by atoms with Crippen molar-refractivity contribution < 1.29 is 9.59 Å². The minimum Gasteiger partial charge on any atom is -0.268 e. The van der Waals surface area contributed by atoms with Crippen LogP contribution < -0.4 is 4.90 Å². The highest BCUT2D eigenvalue weighted by Crippen LogP contribution is 2.45. The van der Waals surface area contributed by atoms with Gasteiger partial charge < -0.3 is 0 Å². The van der Waals surface area contributed by atoms with Crippen LogP contribution in [0.3, 0.4) is 0 Å². The first-order valence-electron chi connectivity index (χ1n) is 11.7. The van der Waals surface area contributed by atoms with E-state index in [1.807, 2.05) is 54.6 Å². The molecule has 0 atom stereocenters. The first-order chi connectivity index (χ1) is 17.2. The summed E-state index contributed by atoms with van der Waals surface area (Å²) >= 11 is 0. The quantitative estimate of drug-likeness (QED) is 0.147. The van der Waals surface area contributed by atoms with E-state index in [0.29, 0.717) is 16.8 Å². The minimum atomic E-state index is -0.279. The van der Waals surface area contributed by atoms with Crippen LogP contribution in [0.1, 0.15) is 20.7 Å². The molecule has 0 fully saturated rings. The van der Waals surface area contributed by atoms with Crippen LogP contribution in [0.5, 0.6) is 0 Å². The van der Waals surface area contributed by atoms with Gasteiger partial charge in [0, 0.05) is 21.9 Å². The molecule has 0 aliphatic carbocycles. The van der Waals surface area contributed by atoms with Crippen molar-refractivity contribution in [1.29, 1.82) is 0 Å². The van der Waals surface area contributed by atoms with E-state index in [1.165, 1.54) is 10.3 Å². The third-order valence-corrected chi connectivity index (χ3v) is 7.50. The standard InChI is InChI=1S/C32H17NO2/c34-31-24-14-4-8-19-9-5-15-25(28(19)24)32(35)33(31)26-17-16-20-10-2-12-22-21-11-1-6-18-7-3-13-23(27(18)21)30(26)29(20)22/h1-17H. The monoisotopic (exact) mass is 447 g/mol. The molecule has 0 N–H and O–H groups in total. The lowest BCUT2D eigenvalue weighted by molar-refractivity contribution is 0.0894. The number of amides is 2. The molecule has 1 aliphatic rings. The lowest BCUT2D eigenvalue weighted by Gasteiger charge is -2.29. The number of hydrogen-bond acceptors (Lipinski definition) is 2. The van der Waals surface area contributed by atoms with Crippen LogP contribution in [-0.4, -0.2) is 11.8 Å². The van der Waals surface area contributed by atoms with Crippen LogP contribution in [0.4, 0.5) is 5.69 Å². The largest absolute Gasteiger partial charge is 0.268 e. The first kappa shape index (κ1) is 18.6. The molecule has 0 saturated carbocycles. The topological polar surface area (TPSA) is 37.4 Å². The Hall–Kier alpha value is -4.76. The SMILES string of the molecule is O=C1c2cccc3cccc(c23)C(=O)N1c1ccc2cccc3c4cccc5cccc(c1c23)c54. The molecule has 0 aromatic heterocycles. The van der Waals surface area contributed by atoms with Gasteiger partial charge in [-0.15, -0.1) is 0 Å². The molecule has 0 bridgehead atoms. The van der Waals surface area contributed by atoms with E-state index in [4.69, 9.17) is 0 Å². The molecule has 162 valence electrons. The van der Waals surface area contributed by atoms with Gasteiger partial charge in [0.15, 0.2) is 0 Å². The molecule has 0 radical (unpaired) electrons. The Morgan fingerprint density at radius 2 is 0.886 bits per heavy atom. The Labute approximate surface area is 200 Å². The van der Waals surface area contributed by atoms with Gasteiger partial charge in [-0.2, -0.15) is 0 Å². The minimum absolute atomic E-state index is 0.279. The Morgan fingerprint density at radius 3 is 1.51 bits per heavy atom. The smallest absolute Gasteiger partial charge is 0.266 e. The molecule has 2 amide bonds. The zero-order valence-electron chi connectivity index (χ0n) is 18.6. The van der Waals surface area contributed by atoms with E-state index in [-0.39, 0.29) is 11.8 Å². The first-order valence-corrected chi connectivity index (χ1v) is 11.7. The van der Waals surface area contributed by atoms with Gasteiger partial charge >= 0.3 is 0 Å². The van der Waals surface area contributed by atoms with Crippen molar-refractivity contribution in [2.75, 3.05) is 4.90 Å². The molecule has 1 heterocycles. The number of rotatable bonds is 1. The van der Waals surface area contributed by atoms with Crippen LogP contribution in [0.15, 0.2) is 103 Å². The predicted molar refractivity (Wildman–Crippen MR) is 143 cm³/mol. The maximum atomic E-state index is 13.9. The summed E-state index contributed by atoms with van der Waals surface area (Å²) in [4.78, 5) is 29.2. The van der Waals surface area contributed by atoms with Gasteiger partial charge in [-0.25, -0.2) is 4.90 Å². The number of benzene rings is 7. The number of carbonyl (C=O) groups is 2. The molecule has 0 spiro atoms. The molecule has 0 unspecified atom stereocenters. The number of carbonyl (C=O) groups excluding carboxylic acids is 2. The lowest BCUT2D eigenvalue weighted by atomic mass is 9.88. The fourth-order valence-electron chi connectivity index (χ4n) is 6.07. The fraction of sp³-hybridized carbons (Fsp3) is 0. The van der Waals surface area contributed by atoms with Crippen LogP contribution >= 0.6 is 0 Å². The lowest BCUT2D eigenvalue weighted by Crippen LogP contribution is -2.40. The van der Waals surface area contributed by atoms with Crippen LogP contribution in [0, 0.1) is 0 Å². The Morgan fingerprint density at radius 1 is 0.400 bits per heavy atom. The summed E-state index contributed by atoms with van der Waals surface area (Å²) in [6, 6.07) is 34.2. The second-order valence-corrected chi connectivity index (χ2v) is 9.23. The van der Waals surface area contributed by atoms with E-state index in [1.54, 1.807) is 0 Å². The number of imide groups is 1. The summed E-state index contributed by atoms with van der Waals surface area (Å²) in [5.74, 6) is -0.558. The van der Waals surface area contributed by atoms with Gasteiger partial charge in [-0.1, -0.05) is 84.9 Å². The molecule has 7 aromatic rings. The fourth-order valence-corrected chi connectivity index (χ4v) is 6.07. The molecule has 35 heavy (non-hydrogen) atoms. The number of anilines is 1. The third kappa shape index (κ3) is 2.25. The van der Waals surface area contributed by atoms with Crippen molar-refractivity contribution in [3.8, 4) is 0 Å². The van der Waals surface area contributed by atoms with E-state index in [2.05, 4.69) is 48.5 Å². The van der Waals surface area contributed by atoms with Crippen LogP contribution in [0.2, 0.25) is 0 Å². The molecule has 3 nitrogen and oxygen atoms in total. The molecule has 0 saturated heterocycles. The van der Waals surface area contributed by atoms with Crippen molar-refractivity contribution in [3.05, 3.63) is 114 Å². The molecule has 7 aromatic carbocycles. The third-order valence-electron chi connectivity index (χ3n) is 7.50. The van der Waals surface area contributed by atoms with Gasteiger partial charge in [-0.05, 0) is 61.3 Å². The Bertz CT molecular complexity index is 2000. The summed E-state index contributed by atoms with van der Waals surface area (Å²) in [5, 5.41) is 10.4. The van der Waals surface area contributed by atoms with Gasteiger partial charge in [0.25, 0.3) is 11.8 Å². The van der Waals surface area contributed by atoms with Crippen molar-refractivity contribution in [2.24, 2.45) is 0 Å². The maximum Gasteiger partial charge on any atom is 0.266 e. The van der Waals surface area contributed by atoms with Gasteiger partial charge in [-0.3, -0.25) is 9.59 Å². The molecular weight excluding hydrogens is 430 g/mol. The molecule has 1 aliphatic heterocycles. The van der Waals surface area contributed by atoms with E-state index in [9.17, 15) is 9.59 Å². The molecule has 8 rings (SSSR count). The Kier molecular flexibility index (Phi) is 3.42. The zero-order valence-corrected chi connectivity index (χ0v) is 18.6. The highest BCUT2D eigenvalue weighted by Gasteiger charge is 2.35. The predicted octanol–water partition coefficient (Wildman–Crippen LogP) is 7.69. The maximum absolute atomic E-state index is 13.9. The van der Waals surface area contributed by atoms with Crippen LogP contribution in [0.25, 0.3) is 53.9 Å². The average molecular weight is 447 g/mol. The average Bonchev–Trinajstić information content (AvgIpc) is 2.90. The summed E-state index contributed by atoms with van der Waals surface area (Å²) < 4.78 is 0. The second kappa shape index (κ2) is 6.43. The zero-order chi connectivity index (χ0) is 23.3. The molecule has 3 heteroatoms. The van der Waals surface area contributed by atoms with Gasteiger partial charge in [0.2, 0.25) is 0 Å². The van der Waals surface area contributed by atoms with E-state index >= 15 is 0 Å².